The maximum absolute atomic E-state index is 14.6. The van der Waals surface area contributed by atoms with Gasteiger partial charge in [0.05, 0.1) is 6.33 Å². The van der Waals surface area contributed by atoms with E-state index in [1.807, 2.05) is 0 Å². The summed E-state index contributed by atoms with van der Waals surface area (Å²) in [5.74, 6) is -3.01. The fourth-order valence-corrected chi connectivity index (χ4v) is 2.10. The lowest BCUT2D eigenvalue weighted by atomic mass is 9.96. The molecule has 2 heterocycles. The summed E-state index contributed by atoms with van der Waals surface area (Å²) in [7, 11) is 0. The first-order valence-electron chi connectivity index (χ1n) is 6.65. The maximum atomic E-state index is 14.6. The predicted octanol–water partition coefficient (Wildman–Crippen LogP) is -1.52. The molecule has 0 saturated carbocycles. The molecule has 11 heteroatoms. The number of halogens is 2. The van der Waals surface area contributed by atoms with Gasteiger partial charge in [0.15, 0.2) is 12.1 Å². The molecule has 1 fully saturated rings. The summed E-state index contributed by atoms with van der Waals surface area (Å²) >= 11 is 0. The molecule has 0 spiro atoms. The van der Waals surface area contributed by atoms with Crippen LogP contribution in [0.5, 0.6) is 0 Å². The van der Waals surface area contributed by atoms with E-state index in [-0.39, 0.29) is 5.69 Å². The van der Waals surface area contributed by atoms with Crippen molar-refractivity contribution < 1.29 is 28.5 Å². The number of terminal acetylenes is 1. The maximum Gasteiger partial charge on any atom is 0.278 e. The van der Waals surface area contributed by atoms with E-state index in [1.54, 1.807) is 6.92 Å². The Hall–Kier alpha value is -2.55. The largest absolute Gasteiger partial charge is 0.390 e. The number of nitrogens with one attached hydrogen (secondary N) is 2. The minimum atomic E-state index is -3.15. The fraction of sp³-hybridized carbons (Fsp3) is 0.462. The molecule has 9 nitrogen and oxygen atoms in total. The highest BCUT2D eigenvalue weighted by Gasteiger charge is 2.65. The quantitative estimate of drug-likeness (QED) is 0.256. The van der Waals surface area contributed by atoms with Crippen molar-refractivity contribution in [1.82, 2.24) is 15.3 Å². The van der Waals surface area contributed by atoms with Crippen molar-refractivity contribution in [2.45, 2.75) is 30.8 Å². The van der Waals surface area contributed by atoms with Gasteiger partial charge in [0.2, 0.25) is 11.9 Å². The Morgan fingerprint density at radius 1 is 1.71 bits per heavy atom. The molecule has 1 aromatic heterocycles. The van der Waals surface area contributed by atoms with E-state index in [0.29, 0.717) is 5.69 Å². The number of aliphatic hydroxyl groups excluding tert-OH is 2. The number of carbonyl (C=O) groups is 1. The zero-order valence-electron chi connectivity index (χ0n) is 12.5. The summed E-state index contributed by atoms with van der Waals surface area (Å²) in [5, 5.41) is 20.6. The second-order valence-corrected chi connectivity index (χ2v) is 5.07. The Kier molecular flexibility index (Phi) is 4.57. The summed E-state index contributed by atoms with van der Waals surface area (Å²) in [6.45, 7) is 0.224. The molecule has 6 N–H and O–H groups in total. The number of hydrogen-bond acceptors (Lipinski definition) is 6. The van der Waals surface area contributed by atoms with E-state index in [4.69, 9.17) is 17.3 Å². The number of imidazole rings is 1. The molecule has 0 unspecified atom stereocenters. The predicted molar refractivity (Wildman–Crippen MR) is 76.9 cm³/mol. The standard InChI is InChI=1S/C13H15F2N5O4/c1-3-12(14)9(23)13(15,4-21)24-10(12)20-11(16)19-8(22)7-6(2)17-5-18-7/h1,5,9-10,21,23H,4H2,2H3,(H,17,18)(H3,16,19,20,22)/t9-,10+,12+,13+/m0/s1. The molecule has 1 aromatic rings. The van der Waals surface area contributed by atoms with Gasteiger partial charge in [0.25, 0.3) is 11.8 Å². The van der Waals surface area contributed by atoms with Gasteiger partial charge >= 0.3 is 0 Å². The number of guanidine groups is 1. The summed E-state index contributed by atoms with van der Waals surface area (Å²) < 4.78 is 33.2. The molecule has 0 aromatic carbocycles. The van der Waals surface area contributed by atoms with Crippen molar-refractivity contribution in [3.63, 3.8) is 0 Å². The number of amides is 1. The Bertz CT molecular complexity index is 717. The molecule has 1 saturated heterocycles. The van der Waals surface area contributed by atoms with Crippen molar-refractivity contribution in [2.75, 3.05) is 6.61 Å². The number of alkyl halides is 2. The normalized spacial score (nSPS) is 33.2. The first-order chi connectivity index (χ1) is 11.2. The van der Waals surface area contributed by atoms with Crippen LogP contribution in [0.25, 0.3) is 0 Å². The third kappa shape index (κ3) is 2.82. The molecule has 4 atom stereocenters. The number of aromatic amines is 1. The van der Waals surface area contributed by atoms with Crippen molar-refractivity contribution in [3.05, 3.63) is 17.7 Å². The van der Waals surface area contributed by atoms with Gasteiger partial charge in [0, 0.05) is 5.69 Å². The molecule has 1 amide bonds. The van der Waals surface area contributed by atoms with E-state index in [2.05, 4.69) is 25.0 Å². The highest BCUT2D eigenvalue weighted by atomic mass is 19.2. The van der Waals surface area contributed by atoms with E-state index >= 15 is 0 Å². The van der Waals surface area contributed by atoms with Gasteiger partial charge in [-0.25, -0.2) is 18.8 Å². The number of aryl methyl sites for hydroxylation is 1. The molecule has 2 rings (SSSR count). The zero-order valence-corrected chi connectivity index (χ0v) is 12.5. The van der Waals surface area contributed by atoms with Crippen LogP contribution in [0.3, 0.4) is 0 Å². The SMILES string of the molecule is C#C[C@]1(F)[C@H](N=C(N)NC(=O)c2nc[nH]c2C)O[C@](F)(CO)[C@H]1O. The summed E-state index contributed by atoms with van der Waals surface area (Å²) in [6.07, 6.45) is 1.68. The highest BCUT2D eigenvalue weighted by molar-refractivity contribution is 6.04. The van der Waals surface area contributed by atoms with Crippen molar-refractivity contribution in [1.29, 1.82) is 0 Å². The third-order valence-corrected chi connectivity index (χ3v) is 3.45. The van der Waals surface area contributed by atoms with Gasteiger partial charge in [-0.15, -0.1) is 6.42 Å². The van der Waals surface area contributed by atoms with Crippen LogP contribution < -0.4 is 11.1 Å². The van der Waals surface area contributed by atoms with Gasteiger partial charge < -0.3 is 25.7 Å². The van der Waals surface area contributed by atoms with Crippen molar-refractivity contribution >= 4 is 11.9 Å². The average Bonchev–Trinajstić information content (AvgIpc) is 3.04. The van der Waals surface area contributed by atoms with Crippen LogP contribution in [0.15, 0.2) is 11.3 Å². The number of carbonyl (C=O) groups excluding carboxylic acids is 1. The minimum Gasteiger partial charge on any atom is -0.390 e. The molecule has 1 aliphatic rings. The first kappa shape index (κ1) is 17.8. The molecule has 0 bridgehead atoms. The number of aliphatic imine (C=N–C) groups is 1. The Labute approximate surface area is 134 Å². The summed E-state index contributed by atoms with van der Waals surface area (Å²) in [4.78, 5) is 21.8. The lowest BCUT2D eigenvalue weighted by Gasteiger charge is -2.22. The van der Waals surface area contributed by atoms with Crippen molar-refractivity contribution in [3.8, 4) is 12.3 Å². The molecule has 130 valence electrons. The van der Waals surface area contributed by atoms with E-state index in [0.717, 1.165) is 0 Å². The van der Waals surface area contributed by atoms with Crippen LogP contribution in [0.2, 0.25) is 0 Å². The average molecular weight is 343 g/mol. The lowest BCUT2D eigenvalue weighted by Crippen LogP contribution is -2.48. The molecule has 24 heavy (non-hydrogen) atoms. The second-order valence-electron chi connectivity index (χ2n) is 5.07. The Morgan fingerprint density at radius 3 is 2.88 bits per heavy atom. The fourth-order valence-electron chi connectivity index (χ4n) is 2.10. The Balaban J connectivity index is 2.21. The van der Waals surface area contributed by atoms with Crippen LogP contribution in [0, 0.1) is 19.3 Å². The minimum absolute atomic E-state index is 0.0131. The van der Waals surface area contributed by atoms with E-state index in [1.165, 1.54) is 12.2 Å². The summed E-state index contributed by atoms with van der Waals surface area (Å²) in [6, 6.07) is 0. The third-order valence-electron chi connectivity index (χ3n) is 3.45. The van der Waals surface area contributed by atoms with Crippen LogP contribution >= 0.6 is 0 Å². The number of nitrogens with zero attached hydrogens (tertiary/aromatic N) is 2. The molecular formula is C13H15F2N5O4. The Morgan fingerprint density at radius 2 is 2.38 bits per heavy atom. The van der Waals surface area contributed by atoms with Gasteiger partial charge in [-0.1, -0.05) is 5.92 Å². The van der Waals surface area contributed by atoms with E-state index in [9.17, 15) is 18.7 Å². The number of aliphatic hydroxyl groups is 2. The number of hydrogen-bond donors (Lipinski definition) is 5. The molecule has 1 aliphatic heterocycles. The monoisotopic (exact) mass is 343 g/mol. The molecule has 0 radical (unpaired) electrons. The van der Waals surface area contributed by atoms with Crippen LogP contribution in [-0.2, 0) is 4.74 Å². The number of aromatic nitrogens is 2. The van der Waals surface area contributed by atoms with Gasteiger partial charge in [-0.3, -0.25) is 10.1 Å². The smallest absolute Gasteiger partial charge is 0.278 e. The topological polar surface area (TPSA) is 146 Å². The van der Waals surface area contributed by atoms with Crippen LogP contribution in [0.4, 0.5) is 8.78 Å². The number of nitrogens with two attached hydrogens (primary N) is 1. The van der Waals surface area contributed by atoms with Gasteiger partial charge in [-0.2, -0.15) is 0 Å². The van der Waals surface area contributed by atoms with Gasteiger partial charge in [0.1, 0.15) is 12.3 Å². The number of ether oxygens (including phenoxy) is 1. The zero-order chi connectivity index (χ0) is 18.1. The number of rotatable bonds is 3. The van der Waals surface area contributed by atoms with E-state index < -0.39 is 42.3 Å². The molecular weight excluding hydrogens is 328 g/mol. The first-order valence-corrected chi connectivity index (χ1v) is 6.65. The highest BCUT2D eigenvalue weighted by Crippen LogP contribution is 2.42. The van der Waals surface area contributed by atoms with Crippen molar-refractivity contribution in [2.24, 2.45) is 10.7 Å². The van der Waals surface area contributed by atoms with Gasteiger partial charge in [-0.05, 0) is 6.92 Å². The second kappa shape index (κ2) is 6.16. The van der Waals surface area contributed by atoms with Crippen LogP contribution in [-0.4, -0.2) is 62.5 Å². The number of H-pyrrole nitrogens is 1. The lowest BCUT2D eigenvalue weighted by molar-refractivity contribution is -0.194. The van der Waals surface area contributed by atoms with Crippen LogP contribution in [0.1, 0.15) is 16.2 Å². The summed E-state index contributed by atoms with van der Waals surface area (Å²) in [5.41, 5.74) is 2.83. The molecule has 0 aliphatic carbocycles.